The minimum Gasteiger partial charge on any atom is -0.481 e. The molecule has 0 saturated heterocycles. The molecule has 0 unspecified atom stereocenters. The molecule has 0 saturated carbocycles. The lowest BCUT2D eigenvalue weighted by molar-refractivity contribution is -0.133. The molecular formula is C15H14N2O2S2. The second kappa shape index (κ2) is 5.91. The van der Waals surface area contributed by atoms with Crippen LogP contribution < -0.4 is 0 Å². The number of aryl methyl sites for hydroxylation is 1. The summed E-state index contributed by atoms with van der Waals surface area (Å²) in [7, 11) is 0. The number of carboxylic acids is 1. The minimum absolute atomic E-state index is 0.0147. The topological polar surface area (TPSA) is 55.1 Å². The number of rotatable bonds is 5. The van der Waals surface area contributed by atoms with E-state index in [-0.39, 0.29) is 5.75 Å². The van der Waals surface area contributed by atoms with Gasteiger partial charge < -0.3 is 5.11 Å². The predicted molar refractivity (Wildman–Crippen MR) is 86.7 cm³/mol. The summed E-state index contributed by atoms with van der Waals surface area (Å²) in [6.07, 6.45) is 2.67. The van der Waals surface area contributed by atoms with Gasteiger partial charge in [-0.25, -0.2) is 4.98 Å². The maximum Gasteiger partial charge on any atom is 0.313 e. The number of thiophene rings is 1. The highest BCUT2D eigenvalue weighted by Gasteiger charge is 2.13. The van der Waals surface area contributed by atoms with E-state index in [2.05, 4.69) is 41.6 Å². The van der Waals surface area contributed by atoms with Gasteiger partial charge in [0.2, 0.25) is 0 Å². The average molecular weight is 318 g/mol. The average Bonchev–Trinajstić information content (AvgIpc) is 3.10. The Kier molecular flexibility index (Phi) is 3.98. The summed E-state index contributed by atoms with van der Waals surface area (Å²) >= 11 is 2.96. The van der Waals surface area contributed by atoms with E-state index in [9.17, 15) is 4.79 Å². The number of fused-ring (bicyclic) bond motifs is 1. The van der Waals surface area contributed by atoms with Gasteiger partial charge in [-0.3, -0.25) is 9.36 Å². The molecule has 3 aromatic rings. The molecule has 0 aliphatic rings. The van der Waals surface area contributed by atoms with E-state index in [1.807, 2.05) is 10.8 Å². The van der Waals surface area contributed by atoms with Gasteiger partial charge in [-0.2, -0.15) is 0 Å². The van der Waals surface area contributed by atoms with Gasteiger partial charge >= 0.3 is 5.97 Å². The van der Waals surface area contributed by atoms with Crippen molar-refractivity contribution in [1.29, 1.82) is 0 Å². The molecule has 0 aliphatic carbocycles. The van der Waals surface area contributed by atoms with Crippen LogP contribution >= 0.6 is 23.1 Å². The summed E-state index contributed by atoms with van der Waals surface area (Å²) in [4.78, 5) is 15.1. The predicted octanol–water partition coefficient (Wildman–Crippen LogP) is 3.83. The van der Waals surface area contributed by atoms with Crippen molar-refractivity contribution in [2.45, 2.75) is 18.5 Å². The first kappa shape index (κ1) is 14.2. The molecule has 1 N–H and O–H groups in total. The first-order valence-corrected chi connectivity index (χ1v) is 8.44. The molecule has 2 aromatic heterocycles. The van der Waals surface area contributed by atoms with Gasteiger partial charge in [-0.05, 0) is 41.5 Å². The molecule has 0 aliphatic heterocycles. The Morgan fingerprint density at radius 3 is 3.05 bits per heavy atom. The van der Waals surface area contributed by atoms with Crippen LogP contribution in [0.4, 0.5) is 0 Å². The number of benzene rings is 1. The van der Waals surface area contributed by atoms with Gasteiger partial charge in [0.15, 0.2) is 5.16 Å². The van der Waals surface area contributed by atoms with Crippen molar-refractivity contribution in [3.05, 3.63) is 41.5 Å². The number of aromatic nitrogens is 2. The van der Waals surface area contributed by atoms with Crippen molar-refractivity contribution in [2.24, 2.45) is 0 Å². The highest BCUT2D eigenvalue weighted by molar-refractivity contribution is 7.99. The molecule has 0 bridgehead atoms. The Bertz CT molecular complexity index is 792. The zero-order valence-electron chi connectivity index (χ0n) is 11.4. The van der Waals surface area contributed by atoms with E-state index >= 15 is 0 Å². The van der Waals surface area contributed by atoms with Crippen LogP contribution in [0.3, 0.4) is 0 Å². The van der Waals surface area contributed by atoms with Gasteiger partial charge in [-0.1, -0.05) is 18.7 Å². The molecule has 0 atom stereocenters. The van der Waals surface area contributed by atoms with Gasteiger partial charge in [0, 0.05) is 22.3 Å². The zero-order chi connectivity index (χ0) is 14.8. The van der Waals surface area contributed by atoms with E-state index in [1.54, 1.807) is 11.3 Å². The molecule has 108 valence electrons. The van der Waals surface area contributed by atoms with Crippen LogP contribution in [0.2, 0.25) is 0 Å². The number of nitrogens with zero attached hydrogens (tertiary/aromatic N) is 2. The van der Waals surface area contributed by atoms with Crippen LogP contribution in [-0.4, -0.2) is 26.4 Å². The number of thioether (sulfide) groups is 1. The largest absolute Gasteiger partial charge is 0.481 e. The molecule has 2 heterocycles. The first-order valence-electron chi connectivity index (χ1n) is 6.58. The van der Waals surface area contributed by atoms with Crippen molar-refractivity contribution < 1.29 is 9.90 Å². The lowest BCUT2D eigenvalue weighted by atomic mass is 10.2. The first-order chi connectivity index (χ1) is 10.2. The fourth-order valence-corrected chi connectivity index (χ4v) is 3.72. The number of carboxylic acid groups (broad SMARTS) is 1. The number of hydrogen-bond acceptors (Lipinski definition) is 4. The minimum atomic E-state index is -0.833. The molecule has 3 rings (SSSR count). The number of imidazole rings is 1. The van der Waals surface area contributed by atoms with Crippen molar-refractivity contribution in [2.75, 3.05) is 5.75 Å². The maximum absolute atomic E-state index is 10.8. The highest BCUT2D eigenvalue weighted by atomic mass is 32.2. The molecule has 0 fully saturated rings. The Hall–Kier alpha value is -1.79. The third-order valence-electron chi connectivity index (χ3n) is 3.18. The van der Waals surface area contributed by atoms with E-state index in [4.69, 9.17) is 5.11 Å². The fraction of sp³-hybridized carbons (Fsp3) is 0.200. The van der Waals surface area contributed by atoms with E-state index < -0.39 is 5.97 Å². The smallest absolute Gasteiger partial charge is 0.313 e. The SMILES string of the molecule is CCc1cnc(SCC(=O)O)n1-c1ccc2sccc2c1. The van der Waals surface area contributed by atoms with E-state index in [0.717, 1.165) is 23.0 Å². The Morgan fingerprint density at radius 1 is 1.43 bits per heavy atom. The van der Waals surface area contributed by atoms with Crippen LogP contribution in [0.15, 0.2) is 41.0 Å². The Labute approximate surface area is 130 Å². The van der Waals surface area contributed by atoms with E-state index in [0.29, 0.717) is 0 Å². The van der Waals surface area contributed by atoms with Crippen molar-refractivity contribution in [1.82, 2.24) is 9.55 Å². The van der Waals surface area contributed by atoms with Crippen molar-refractivity contribution in [3.8, 4) is 5.69 Å². The number of hydrogen-bond donors (Lipinski definition) is 1. The van der Waals surface area contributed by atoms with Gasteiger partial charge in [0.25, 0.3) is 0 Å². The van der Waals surface area contributed by atoms with Crippen molar-refractivity contribution in [3.63, 3.8) is 0 Å². The van der Waals surface area contributed by atoms with Crippen LogP contribution in [-0.2, 0) is 11.2 Å². The Morgan fingerprint density at radius 2 is 2.29 bits per heavy atom. The van der Waals surface area contributed by atoms with Crippen LogP contribution in [0.1, 0.15) is 12.6 Å². The Balaban J connectivity index is 2.05. The molecule has 21 heavy (non-hydrogen) atoms. The quantitative estimate of drug-likeness (QED) is 0.727. The molecule has 4 nitrogen and oxygen atoms in total. The molecule has 1 aromatic carbocycles. The molecule has 0 radical (unpaired) electrons. The molecule has 6 heteroatoms. The number of aliphatic carboxylic acids is 1. The molecule has 0 spiro atoms. The zero-order valence-corrected chi connectivity index (χ0v) is 13.1. The normalized spacial score (nSPS) is 11.1. The maximum atomic E-state index is 10.8. The van der Waals surface area contributed by atoms with Crippen LogP contribution in [0.25, 0.3) is 15.8 Å². The lowest BCUT2D eigenvalue weighted by Crippen LogP contribution is -2.04. The van der Waals surface area contributed by atoms with Gasteiger partial charge in [0.05, 0.1) is 5.75 Å². The lowest BCUT2D eigenvalue weighted by Gasteiger charge is -2.10. The van der Waals surface area contributed by atoms with Crippen molar-refractivity contribution >= 4 is 39.2 Å². The summed E-state index contributed by atoms with van der Waals surface area (Å²) < 4.78 is 3.29. The summed E-state index contributed by atoms with van der Waals surface area (Å²) in [5.41, 5.74) is 2.11. The highest BCUT2D eigenvalue weighted by Crippen LogP contribution is 2.28. The summed E-state index contributed by atoms with van der Waals surface area (Å²) in [6, 6.07) is 8.37. The monoisotopic (exact) mass is 318 g/mol. The standard InChI is InChI=1S/C15H14N2O2S2/c1-2-11-8-16-15(21-9-14(18)19)17(11)12-3-4-13-10(7-12)5-6-20-13/h3-8H,2,9H2,1H3,(H,18,19). The third-order valence-corrected chi connectivity index (χ3v) is 5.02. The summed E-state index contributed by atoms with van der Waals surface area (Å²) in [5, 5.41) is 12.9. The molecular weight excluding hydrogens is 304 g/mol. The molecule has 0 amide bonds. The van der Waals surface area contributed by atoms with E-state index in [1.165, 1.54) is 21.8 Å². The third kappa shape index (κ3) is 2.82. The second-order valence-electron chi connectivity index (χ2n) is 4.55. The van der Waals surface area contributed by atoms with Crippen LogP contribution in [0, 0.1) is 0 Å². The number of carbonyl (C=O) groups is 1. The van der Waals surface area contributed by atoms with Crippen LogP contribution in [0.5, 0.6) is 0 Å². The summed E-state index contributed by atoms with van der Waals surface area (Å²) in [5.74, 6) is -0.818. The summed E-state index contributed by atoms with van der Waals surface area (Å²) in [6.45, 7) is 2.07. The second-order valence-corrected chi connectivity index (χ2v) is 6.44. The van der Waals surface area contributed by atoms with Gasteiger partial charge in [-0.15, -0.1) is 11.3 Å². The van der Waals surface area contributed by atoms with Gasteiger partial charge in [0.1, 0.15) is 0 Å². The fourth-order valence-electron chi connectivity index (χ4n) is 2.21.